The van der Waals surface area contributed by atoms with E-state index in [0.717, 1.165) is 16.8 Å². The van der Waals surface area contributed by atoms with Crippen molar-refractivity contribution in [3.8, 4) is 11.5 Å². The molecule has 1 amide bonds. The van der Waals surface area contributed by atoms with Crippen molar-refractivity contribution in [3.63, 3.8) is 0 Å². The molecule has 0 radical (unpaired) electrons. The summed E-state index contributed by atoms with van der Waals surface area (Å²) in [6, 6.07) is 14.2. The van der Waals surface area contributed by atoms with Crippen LogP contribution in [0.3, 0.4) is 0 Å². The van der Waals surface area contributed by atoms with Gasteiger partial charge in [-0.05, 0) is 48.4 Å². The first kappa shape index (κ1) is 22.1. The smallest absolute Gasteiger partial charge is 0.258 e. The molecule has 0 fully saturated rings. The Balaban J connectivity index is 1.88. The largest absolute Gasteiger partial charge is 0.497 e. The van der Waals surface area contributed by atoms with E-state index in [1.807, 2.05) is 31.2 Å². The molecule has 160 valence electrons. The number of carbonyl (C=O) groups is 1. The molecule has 7 nitrogen and oxygen atoms in total. The van der Waals surface area contributed by atoms with Crippen LogP contribution in [0.4, 0.5) is 5.69 Å². The van der Waals surface area contributed by atoms with E-state index in [0.29, 0.717) is 28.6 Å². The number of carbonyl (C=O) groups excluding carboxylic acids is 1. The average molecular weight is 439 g/mol. The second-order valence-corrected chi connectivity index (χ2v) is 7.03. The van der Waals surface area contributed by atoms with Gasteiger partial charge in [0.1, 0.15) is 11.5 Å². The van der Waals surface area contributed by atoms with Crippen molar-refractivity contribution < 1.29 is 14.3 Å². The van der Waals surface area contributed by atoms with Crippen molar-refractivity contribution in [2.75, 3.05) is 19.5 Å². The number of hydrogen-bond donors (Lipinski definition) is 2. The molecule has 0 saturated carbocycles. The number of pyridine rings is 1. The fourth-order valence-corrected chi connectivity index (χ4v) is 2.94. The molecule has 0 aliphatic rings. The monoisotopic (exact) mass is 438 g/mol. The van der Waals surface area contributed by atoms with E-state index in [9.17, 15) is 4.79 Å². The minimum Gasteiger partial charge on any atom is -0.497 e. The van der Waals surface area contributed by atoms with Crippen molar-refractivity contribution in [1.29, 1.82) is 0 Å². The fourth-order valence-electron chi connectivity index (χ4n) is 2.76. The molecule has 0 saturated heterocycles. The molecule has 3 rings (SSSR count). The third kappa shape index (κ3) is 5.96. The summed E-state index contributed by atoms with van der Waals surface area (Å²) in [5.41, 5.74) is 2.85. The zero-order chi connectivity index (χ0) is 22.2. The maximum Gasteiger partial charge on any atom is 0.258 e. The minimum atomic E-state index is -0.366. The van der Waals surface area contributed by atoms with Crippen LogP contribution < -0.4 is 20.1 Å². The van der Waals surface area contributed by atoms with Crippen LogP contribution in [0.1, 0.15) is 21.5 Å². The molecule has 2 N–H and O–H groups in total. The van der Waals surface area contributed by atoms with Crippen LogP contribution in [0.2, 0.25) is 5.02 Å². The van der Waals surface area contributed by atoms with Gasteiger partial charge in [-0.15, -0.1) is 0 Å². The molecule has 0 spiro atoms. The zero-order valence-corrected chi connectivity index (χ0v) is 18.2. The summed E-state index contributed by atoms with van der Waals surface area (Å²) in [5.74, 6) is 0.935. The topological polar surface area (TPSA) is 84.8 Å². The van der Waals surface area contributed by atoms with Crippen LogP contribution in [0.25, 0.3) is 0 Å². The van der Waals surface area contributed by atoms with E-state index in [-0.39, 0.29) is 11.9 Å². The lowest BCUT2D eigenvalue weighted by molar-refractivity contribution is 0.0976. The molecule has 2 aromatic carbocycles. The molecule has 8 heteroatoms. The highest BCUT2D eigenvalue weighted by atomic mass is 35.5. The predicted octanol–water partition coefficient (Wildman–Crippen LogP) is 4.46. The van der Waals surface area contributed by atoms with Crippen molar-refractivity contribution >= 4 is 29.2 Å². The number of ether oxygens (including phenoxy) is 2. The molecule has 1 aromatic heterocycles. The molecule has 0 atom stereocenters. The zero-order valence-electron chi connectivity index (χ0n) is 17.5. The van der Waals surface area contributed by atoms with Gasteiger partial charge in [0.15, 0.2) is 0 Å². The van der Waals surface area contributed by atoms with Gasteiger partial charge in [0.25, 0.3) is 5.91 Å². The molecule has 3 aromatic rings. The molecular formula is C23H23ClN4O3. The van der Waals surface area contributed by atoms with Gasteiger partial charge in [0.05, 0.1) is 20.8 Å². The fraction of sp³-hybridized carbons (Fsp3) is 0.174. The number of benzene rings is 2. The van der Waals surface area contributed by atoms with Gasteiger partial charge in [-0.2, -0.15) is 0 Å². The third-order valence-corrected chi connectivity index (χ3v) is 4.92. The molecular weight excluding hydrogens is 416 g/mol. The number of amides is 1. The Bertz CT molecular complexity index is 1070. The van der Waals surface area contributed by atoms with Gasteiger partial charge in [-0.3, -0.25) is 15.1 Å². The Hall–Kier alpha value is -3.58. The van der Waals surface area contributed by atoms with Gasteiger partial charge >= 0.3 is 0 Å². The number of aromatic nitrogens is 1. The van der Waals surface area contributed by atoms with Crippen LogP contribution in [0.15, 0.2) is 65.9 Å². The lowest BCUT2D eigenvalue weighted by Crippen LogP contribution is -2.36. The normalized spacial score (nSPS) is 11.0. The van der Waals surface area contributed by atoms with Crippen molar-refractivity contribution in [2.24, 2.45) is 4.99 Å². The van der Waals surface area contributed by atoms with Crippen LogP contribution in [-0.2, 0) is 6.54 Å². The highest BCUT2D eigenvalue weighted by molar-refractivity contribution is 6.31. The molecule has 0 unspecified atom stereocenters. The van der Waals surface area contributed by atoms with Gasteiger partial charge in [-0.1, -0.05) is 23.7 Å². The third-order valence-electron chi connectivity index (χ3n) is 4.51. The molecule has 1 heterocycles. The van der Waals surface area contributed by atoms with E-state index >= 15 is 0 Å². The van der Waals surface area contributed by atoms with Crippen LogP contribution >= 0.6 is 11.6 Å². The van der Waals surface area contributed by atoms with Crippen molar-refractivity contribution in [1.82, 2.24) is 10.3 Å². The Morgan fingerprint density at radius 2 is 1.84 bits per heavy atom. The van der Waals surface area contributed by atoms with Gasteiger partial charge < -0.3 is 14.8 Å². The van der Waals surface area contributed by atoms with E-state index in [4.69, 9.17) is 21.1 Å². The molecule has 0 bridgehead atoms. The summed E-state index contributed by atoms with van der Waals surface area (Å²) in [6.07, 6.45) is 3.42. The maximum atomic E-state index is 13.0. The Morgan fingerprint density at radius 3 is 2.48 bits per heavy atom. The van der Waals surface area contributed by atoms with E-state index in [1.165, 1.54) is 14.2 Å². The summed E-state index contributed by atoms with van der Waals surface area (Å²) in [5, 5.41) is 6.61. The number of methoxy groups -OCH3 is 2. The second kappa shape index (κ2) is 10.4. The number of anilines is 1. The predicted molar refractivity (Wildman–Crippen MR) is 122 cm³/mol. The molecule has 0 aliphatic carbocycles. The summed E-state index contributed by atoms with van der Waals surface area (Å²) >= 11 is 6.24. The number of aliphatic imine (C=N–C) groups is 1. The first-order valence-corrected chi connectivity index (χ1v) is 9.88. The average Bonchev–Trinajstić information content (AvgIpc) is 2.80. The second-order valence-electron chi connectivity index (χ2n) is 6.62. The van der Waals surface area contributed by atoms with Crippen LogP contribution in [0, 0.1) is 6.92 Å². The quantitative estimate of drug-likeness (QED) is 0.438. The minimum absolute atomic E-state index is 0.279. The summed E-state index contributed by atoms with van der Waals surface area (Å²) < 4.78 is 10.5. The van der Waals surface area contributed by atoms with Crippen LogP contribution in [-0.4, -0.2) is 31.1 Å². The number of rotatable bonds is 6. The van der Waals surface area contributed by atoms with E-state index < -0.39 is 0 Å². The number of hydrogen-bond acceptors (Lipinski definition) is 5. The summed E-state index contributed by atoms with van der Waals surface area (Å²) in [4.78, 5) is 21.6. The SMILES string of the molecule is COc1cc(OC)cc(C(=O)NC(=NCc2cccnc2)Nc2cccc(Cl)c2C)c1. The van der Waals surface area contributed by atoms with Crippen molar-refractivity contribution in [3.05, 3.63) is 82.6 Å². The summed E-state index contributed by atoms with van der Waals surface area (Å²) in [6.45, 7) is 2.22. The highest BCUT2D eigenvalue weighted by Gasteiger charge is 2.14. The van der Waals surface area contributed by atoms with Gasteiger partial charge in [0.2, 0.25) is 5.96 Å². The van der Waals surface area contributed by atoms with Gasteiger partial charge in [0, 0.05) is 34.7 Å². The number of nitrogens with one attached hydrogen (secondary N) is 2. The molecule has 31 heavy (non-hydrogen) atoms. The van der Waals surface area contributed by atoms with Crippen LogP contribution in [0.5, 0.6) is 11.5 Å². The maximum absolute atomic E-state index is 13.0. The number of guanidine groups is 1. The number of halogens is 1. The Morgan fingerprint density at radius 1 is 1.10 bits per heavy atom. The lowest BCUT2D eigenvalue weighted by atomic mass is 10.2. The van der Waals surface area contributed by atoms with E-state index in [1.54, 1.807) is 36.7 Å². The summed E-state index contributed by atoms with van der Waals surface area (Å²) in [7, 11) is 3.06. The Labute approximate surface area is 186 Å². The first-order chi connectivity index (χ1) is 15.0. The Kier molecular flexibility index (Phi) is 7.45. The standard InChI is InChI=1S/C23H23ClN4O3/c1-15-20(24)7-4-8-21(15)27-23(26-14-16-6-5-9-25-13-16)28-22(29)17-10-18(30-2)12-19(11-17)31-3/h4-13H,14H2,1-3H3,(H2,26,27,28,29). The highest BCUT2D eigenvalue weighted by Crippen LogP contribution is 2.24. The van der Waals surface area contributed by atoms with Gasteiger partial charge in [-0.25, -0.2) is 4.99 Å². The lowest BCUT2D eigenvalue weighted by Gasteiger charge is -2.15. The van der Waals surface area contributed by atoms with Crippen molar-refractivity contribution in [2.45, 2.75) is 13.5 Å². The number of nitrogens with zero attached hydrogens (tertiary/aromatic N) is 2. The first-order valence-electron chi connectivity index (χ1n) is 9.50. The molecule has 0 aliphatic heterocycles. The van der Waals surface area contributed by atoms with E-state index in [2.05, 4.69) is 20.6 Å².